The lowest BCUT2D eigenvalue weighted by atomic mass is 10.4. The Morgan fingerprint density at radius 3 is 2.93 bits per heavy atom. The summed E-state index contributed by atoms with van der Waals surface area (Å²) in [7, 11) is 1.59. The van der Waals surface area contributed by atoms with E-state index in [1.807, 2.05) is 12.3 Å². The Morgan fingerprint density at radius 1 is 1.53 bits per heavy atom. The van der Waals surface area contributed by atoms with E-state index in [0.29, 0.717) is 11.4 Å². The van der Waals surface area contributed by atoms with Crippen molar-refractivity contribution in [3.8, 4) is 5.75 Å². The summed E-state index contributed by atoms with van der Waals surface area (Å²) in [5.74, 6) is 0.693. The fourth-order valence-electron chi connectivity index (χ4n) is 1.07. The van der Waals surface area contributed by atoms with Gasteiger partial charge in [0, 0.05) is 24.5 Å². The molecule has 0 saturated carbocycles. The van der Waals surface area contributed by atoms with E-state index in [-0.39, 0.29) is 5.91 Å². The van der Waals surface area contributed by atoms with Gasteiger partial charge in [-0.05, 0) is 6.54 Å². The molecule has 1 aromatic rings. The van der Waals surface area contributed by atoms with Crippen LogP contribution in [0.2, 0.25) is 0 Å². The van der Waals surface area contributed by atoms with Gasteiger partial charge in [0.15, 0.2) is 0 Å². The maximum atomic E-state index is 11.6. The summed E-state index contributed by atoms with van der Waals surface area (Å²) in [5.41, 5.74) is 0. The fourth-order valence-corrected chi connectivity index (χ4v) is 1.84. The monoisotopic (exact) mass is 228 g/mol. The molecule has 0 aliphatic carbocycles. The normalized spacial score (nSPS) is 10.0. The van der Waals surface area contributed by atoms with Gasteiger partial charge in [0.1, 0.15) is 5.75 Å². The number of thiophene rings is 1. The molecule has 5 heteroatoms. The molecular formula is C10H16N2O2S. The highest BCUT2D eigenvalue weighted by molar-refractivity contribution is 7.12. The van der Waals surface area contributed by atoms with E-state index in [9.17, 15) is 4.79 Å². The first-order chi connectivity index (χ1) is 7.27. The van der Waals surface area contributed by atoms with Gasteiger partial charge in [0.25, 0.3) is 5.91 Å². The summed E-state index contributed by atoms with van der Waals surface area (Å²) in [6.45, 7) is 4.40. The van der Waals surface area contributed by atoms with Crippen molar-refractivity contribution in [1.29, 1.82) is 0 Å². The SMILES string of the molecule is CCNCCNC(=O)c1cc(OC)cs1. The number of carbonyl (C=O) groups excluding carboxylic acids is 1. The summed E-state index contributed by atoms with van der Waals surface area (Å²) in [6.07, 6.45) is 0. The van der Waals surface area contributed by atoms with Gasteiger partial charge < -0.3 is 15.4 Å². The van der Waals surface area contributed by atoms with Crippen LogP contribution < -0.4 is 15.4 Å². The highest BCUT2D eigenvalue weighted by atomic mass is 32.1. The third-order valence-corrected chi connectivity index (χ3v) is 2.78. The number of carbonyl (C=O) groups is 1. The van der Waals surface area contributed by atoms with E-state index in [1.54, 1.807) is 13.2 Å². The second kappa shape index (κ2) is 6.42. The Hall–Kier alpha value is -1.07. The van der Waals surface area contributed by atoms with E-state index in [2.05, 4.69) is 10.6 Å². The summed E-state index contributed by atoms with van der Waals surface area (Å²) < 4.78 is 5.01. The molecule has 1 amide bonds. The van der Waals surface area contributed by atoms with E-state index in [0.717, 1.165) is 18.8 Å². The van der Waals surface area contributed by atoms with Gasteiger partial charge in [-0.15, -0.1) is 11.3 Å². The molecule has 0 radical (unpaired) electrons. The van der Waals surface area contributed by atoms with E-state index in [1.165, 1.54) is 11.3 Å². The number of ether oxygens (including phenoxy) is 1. The molecule has 0 unspecified atom stereocenters. The predicted octanol–water partition coefficient (Wildman–Crippen LogP) is 1.10. The lowest BCUT2D eigenvalue weighted by molar-refractivity contribution is 0.0958. The third-order valence-electron chi connectivity index (χ3n) is 1.87. The zero-order valence-corrected chi connectivity index (χ0v) is 9.82. The summed E-state index contributed by atoms with van der Waals surface area (Å²) >= 11 is 1.39. The number of nitrogens with one attached hydrogen (secondary N) is 2. The average molecular weight is 228 g/mol. The van der Waals surface area contributed by atoms with Crippen LogP contribution in [0.4, 0.5) is 0 Å². The molecule has 0 saturated heterocycles. The molecule has 1 aromatic heterocycles. The standard InChI is InChI=1S/C10H16N2O2S/c1-3-11-4-5-12-10(13)9-6-8(14-2)7-15-9/h6-7,11H,3-5H2,1-2H3,(H,12,13). The molecule has 0 spiro atoms. The Labute approximate surface area is 93.6 Å². The molecule has 2 N–H and O–H groups in total. The summed E-state index contributed by atoms with van der Waals surface area (Å²) in [6, 6.07) is 1.74. The predicted molar refractivity (Wildman–Crippen MR) is 61.7 cm³/mol. The van der Waals surface area contributed by atoms with Crippen LogP contribution in [0.1, 0.15) is 16.6 Å². The molecule has 0 aliphatic rings. The van der Waals surface area contributed by atoms with Gasteiger partial charge in [-0.3, -0.25) is 4.79 Å². The van der Waals surface area contributed by atoms with Gasteiger partial charge in [0.05, 0.1) is 12.0 Å². The van der Waals surface area contributed by atoms with Crippen LogP contribution in [0.3, 0.4) is 0 Å². The van der Waals surface area contributed by atoms with Crippen molar-refractivity contribution in [2.75, 3.05) is 26.7 Å². The average Bonchev–Trinajstić information content (AvgIpc) is 2.72. The van der Waals surface area contributed by atoms with Crippen molar-refractivity contribution in [1.82, 2.24) is 10.6 Å². The second-order valence-corrected chi connectivity index (χ2v) is 3.87. The minimum atomic E-state index is -0.0406. The number of methoxy groups -OCH3 is 1. The lowest BCUT2D eigenvalue weighted by Gasteiger charge is -2.03. The van der Waals surface area contributed by atoms with Gasteiger partial charge in [0.2, 0.25) is 0 Å². The van der Waals surface area contributed by atoms with Crippen LogP contribution in [0, 0.1) is 0 Å². The minimum absolute atomic E-state index is 0.0406. The maximum Gasteiger partial charge on any atom is 0.261 e. The first kappa shape index (κ1) is 12.0. The minimum Gasteiger partial charge on any atom is -0.496 e. The van der Waals surface area contributed by atoms with Crippen LogP contribution in [0.5, 0.6) is 5.75 Å². The Kier molecular flexibility index (Phi) is 5.14. The number of amides is 1. The molecule has 0 bridgehead atoms. The van der Waals surface area contributed by atoms with Crippen molar-refractivity contribution in [3.05, 3.63) is 16.3 Å². The zero-order chi connectivity index (χ0) is 11.1. The zero-order valence-electron chi connectivity index (χ0n) is 9.00. The van der Waals surface area contributed by atoms with Crippen LogP contribution in [-0.2, 0) is 0 Å². The van der Waals surface area contributed by atoms with Crippen LogP contribution >= 0.6 is 11.3 Å². The molecular weight excluding hydrogens is 212 g/mol. The van der Waals surface area contributed by atoms with Gasteiger partial charge in [-0.2, -0.15) is 0 Å². The number of likely N-dealkylation sites (N-methyl/N-ethyl adjacent to an activating group) is 1. The van der Waals surface area contributed by atoms with E-state index in [4.69, 9.17) is 4.74 Å². The van der Waals surface area contributed by atoms with Crippen molar-refractivity contribution >= 4 is 17.2 Å². The Morgan fingerprint density at radius 2 is 2.33 bits per heavy atom. The molecule has 1 heterocycles. The highest BCUT2D eigenvalue weighted by Crippen LogP contribution is 2.20. The summed E-state index contributed by atoms with van der Waals surface area (Å²) in [4.78, 5) is 12.2. The highest BCUT2D eigenvalue weighted by Gasteiger charge is 2.07. The molecule has 15 heavy (non-hydrogen) atoms. The van der Waals surface area contributed by atoms with Crippen molar-refractivity contribution in [2.24, 2.45) is 0 Å². The van der Waals surface area contributed by atoms with Gasteiger partial charge in [-0.1, -0.05) is 6.92 Å². The van der Waals surface area contributed by atoms with Gasteiger partial charge in [-0.25, -0.2) is 0 Å². The van der Waals surface area contributed by atoms with E-state index < -0.39 is 0 Å². The number of hydrogen-bond acceptors (Lipinski definition) is 4. The number of hydrogen-bond donors (Lipinski definition) is 2. The third kappa shape index (κ3) is 3.89. The Bertz CT molecular complexity index is 312. The molecule has 84 valence electrons. The van der Waals surface area contributed by atoms with Crippen LogP contribution in [0.25, 0.3) is 0 Å². The van der Waals surface area contributed by atoms with Crippen molar-refractivity contribution < 1.29 is 9.53 Å². The first-order valence-corrected chi connectivity index (χ1v) is 5.77. The molecule has 0 fully saturated rings. The lowest BCUT2D eigenvalue weighted by Crippen LogP contribution is -2.31. The fraction of sp³-hybridized carbons (Fsp3) is 0.500. The van der Waals surface area contributed by atoms with Crippen molar-refractivity contribution in [3.63, 3.8) is 0 Å². The number of rotatable bonds is 6. The second-order valence-electron chi connectivity index (χ2n) is 2.96. The summed E-state index contributed by atoms with van der Waals surface area (Å²) in [5, 5.41) is 7.78. The molecule has 0 aliphatic heterocycles. The molecule has 1 rings (SSSR count). The molecule has 4 nitrogen and oxygen atoms in total. The van der Waals surface area contributed by atoms with Crippen LogP contribution in [0.15, 0.2) is 11.4 Å². The smallest absolute Gasteiger partial charge is 0.261 e. The Balaban J connectivity index is 2.33. The van der Waals surface area contributed by atoms with Crippen molar-refractivity contribution in [2.45, 2.75) is 6.92 Å². The van der Waals surface area contributed by atoms with Gasteiger partial charge >= 0.3 is 0 Å². The quantitative estimate of drug-likeness (QED) is 0.717. The first-order valence-electron chi connectivity index (χ1n) is 4.89. The van der Waals surface area contributed by atoms with Crippen LogP contribution in [-0.4, -0.2) is 32.7 Å². The topological polar surface area (TPSA) is 50.4 Å². The molecule has 0 aromatic carbocycles. The molecule has 0 atom stereocenters. The largest absolute Gasteiger partial charge is 0.496 e. The maximum absolute atomic E-state index is 11.6. The van der Waals surface area contributed by atoms with E-state index >= 15 is 0 Å².